The number of aromatic amines is 1. The fourth-order valence-corrected chi connectivity index (χ4v) is 5.20. The van der Waals surface area contributed by atoms with E-state index < -0.39 is 33.5 Å². The van der Waals surface area contributed by atoms with Gasteiger partial charge in [-0.25, -0.2) is 13.4 Å². The molecule has 4 N–H and O–H groups in total. The largest absolute Gasteiger partial charge is 0.459 e. The van der Waals surface area contributed by atoms with E-state index in [-0.39, 0.29) is 11.4 Å². The molecule has 0 radical (unpaired) electrons. The number of aromatic nitrogens is 4. The predicted molar refractivity (Wildman–Crippen MR) is 155 cm³/mol. The molecule has 0 fully saturated rings. The van der Waals surface area contributed by atoms with Crippen LogP contribution in [0.1, 0.15) is 43.1 Å². The highest BCUT2D eigenvalue weighted by atomic mass is 32.2. The summed E-state index contributed by atoms with van der Waals surface area (Å²) in [6.45, 7) is 7.95. The van der Waals surface area contributed by atoms with Gasteiger partial charge in [-0.15, -0.1) is 0 Å². The Balaban J connectivity index is 1.41. The van der Waals surface area contributed by atoms with Gasteiger partial charge in [-0.05, 0) is 64.4 Å². The highest BCUT2D eigenvalue weighted by Gasteiger charge is 2.30. The zero-order valence-corrected chi connectivity index (χ0v) is 24.3. The van der Waals surface area contributed by atoms with Crippen molar-refractivity contribution in [3.05, 3.63) is 72.2 Å². The van der Waals surface area contributed by atoms with E-state index in [1.807, 2.05) is 17.7 Å². The number of benzene rings is 2. The van der Waals surface area contributed by atoms with Crippen LogP contribution in [0, 0.1) is 6.92 Å². The number of carbonyl (C=O) groups is 2. The minimum absolute atomic E-state index is 0.00203. The maximum atomic E-state index is 13.0. The van der Waals surface area contributed by atoms with Gasteiger partial charge in [-0.2, -0.15) is 9.82 Å². The Hall–Kier alpha value is -4.23. The lowest BCUT2D eigenvalue weighted by molar-refractivity contribution is -0.156. The van der Waals surface area contributed by atoms with E-state index in [0.717, 1.165) is 22.9 Å². The molecule has 1 atom stereocenters. The molecule has 0 saturated carbocycles. The molecule has 0 spiro atoms. The predicted octanol–water partition coefficient (Wildman–Crippen LogP) is 2.99. The summed E-state index contributed by atoms with van der Waals surface area (Å²) in [4.78, 5) is 33.0. The van der Waals surface area contributed by atoms with Gasteiger partial charge in [0.1, 0.15) is 11.6 Å². The van der Waals surface area contributed by atoms with E-state index in [0.29, 0.717) is 24.6 Å². The van der Waals surface area contributed by atoms with Crippen molar-refractivity contribution in [3.63, 3.8) is 0 Å². The minimum Gasteiger partial charge on any atom is -0.459 e. The van der Waals surface area contributed by atoms with Crippen molar-refractivity contribution < 1.29 is 22.7 Å². The quantitative estimate of drug-likeness (QED) is 0.147. The van der Waals surface area contributed by atoms with Crippen LogP contribution in [0.25, 0.3) is 10.9 Å². The molecule has 12 nitrogen and oxygen atoms in total. The Labute approximate surface area is 238 Å². The standard InChI is InChI=1S/C28H35N7O5S/c1-19-6-9-22(10-7-19)41(38,39)34-23(26(37)40-28(2,3)4)18-32-25(36)20-8-11-24-21(16-20)17-33-35(24)15-5-12-29-27-30-13-14-31-27/h6-11,13-14,16-17,23,34H,5,12,15,18H2,1-4H3,(H,32,36)(H2,29,30,31)/t23-/m0/s1. The van der Waals surface area contributed by atoms with Crippen molar-refractivity contribution in [3.8, 4) is 0 Å². The van der Waals surface area contributed by atoms with E-state index in [4.69, 9.17) is 4.74 Å². The number of nitrogens with zero attached hydrogens (tertiary/aromatic N) is 3. The van der Waals surface area contributed by atoms with Crippen LogP contribution in [0.3, 0.4) is 0 Å². The molecule has 4 rings (SSSR count). The van der Waals surface area contributed by atoms with E-state index >= 15 is 0 Å². The third-order valence-electron chi connectivity index (χ3n) is 6.03. The smallest absolute Gasteiger partial charge is 0.326 e. The van der Waals surface area contributed by atoms with Crippen LogP contribution in [-0.2, 0) is 26.1 Å². The molecule has 13 heteroatoms. The number of aryl methyl sites for hydroxylation is 2. The molecule has 218 valence electrons. The number of H-pyrrole nitrogens is 1. The zero-order chi connectivity index (χ0) is 29.6. The van der Waals surface area contributed by atoms with E-state index in [9.17, 15) is 18.0 Å². The molecule has 1 amide bonds. The molecule has 2 aromatic carbocycles. The van der Waals surface area contributed by atoms with Crippen LogP contribution in [-0.4, -0.2) is 64.8 Å². The maximum absolute atomic E-state index is 13.0. The van der Waals surface area contributed by atoms with Gasteiger partial charge in [-0.1, -0.05) is 17.7 Å². The van der Waals surface area contributed by atoms with Crippen molar-refractivity contribution in [2.24, 2.45) is 0 Å². The number of amides is 1. The fourth-order valence-electron chi connectivity index (χ4n) is 4.02. The number of sulfonamides is 1. The molecular formula is C28H35N7O5S. The number of nitrogens with one attached hydrogen (secondary N) is 4. The summed E-state index contributed by atoms with van der Waals surface area (Å²) in [6.07, 6.45) is 5.92. The Morgan fingerprint density at radius 2 is 1.88 bits per heavy atom. The number of imidazole rings is 1. The molecule has 2 heterocycles. The first-order valence-corrected chi connectivity index (χ1v) is 14.7. The molecule has 0 aliphatic carbocycles. The molecule has 0 unspecified atom stereocenters. The molecular weight excluding hydrogens is 546 g/mol. The lowest BCUT2D eigenvalue weighted by atomic mass is 10.1. The number of carbonyl (C=O) groups excluding carboxylic acids is 2. The van der Waals surface area contributed by atoms with Gasteiger partial charge < -0.3 is 20.4 Å². The number of fused-ring (bicyclic) bond motifs is 1. The molecule has 0 saturated heterocycles. The molecule has 0 aliphatic rings. The SMILES string of the molecule is Cc1ccc(S(=O)(=O)N[C@@H](CNC(=O)c2ccc3c(cnn3CCCNc3ncc[nH]3)c2)C(=O)OC(C)(C)C)cc1. The van der Waals surface area contributed by atoms with Gasteiger partial charge >= 0.3 is 5.97 Å². The van der Waals surface area contributed by atoms with Crippen LogP contribution in [0.2, 0.25) is 0 Å². The van der Waals surface area contributed by atoms with Crippen LogP contribution in [0.5, 0.6) is 0 Å². The highest BCUT2D eigenvalue weighted by Crippen LogP contribution is 2.17. The number of anilines is 1. The average Bonchev–Trinajstić information content (AvgIpc) is 3.57. The lowest BCUT2D eigenvalue weighted by Crippen LogP contribution is -2.50. The molecule has 2 aromatic heterocycles. The molecule has 41 heavy (non-hydrogen) atoms. The van der Waals surface area contributed by atoms with Crippen molar-refractivity contribution in [1.29, 1.82) is 0 Å². The number of ether oxygens (including phenoxy) is 1. The molecule has 4 aromatic rings. The summed E-state index contributed by atoms with van der Waals surface area (Å²) in [5, 5.41) is 11.1. The Bertz CT molecular complexity index is 1590. The van der Waals surface area contributed by atoms with E-state index in [1.165, 1.54) is 12.1 Å². The summed E-state index contributed by atoms with van der Waals surface area (Å²) >= 11 is 0. The van der Waals surface area contributed by atoms with Crippen molar-refractivity contribution in [2.45, 2.75) is 57.2 Å². The van der Waals surface area contributed by atoms with Crippen molar-refractivity contribution in [2.75, 3.05) is 18.4 Å². The summed E-state index contributed by atoms with van der Waals surface area (Å²) in [7, 11) is -4.06. The third-order valence-corrected chi connectivity index (χ3v) is 7.52. The Kier molecular flexibility index (Phi) is 9.08. The van der Waals surface area contributed by atoms with Crippen LogP contribution >= 0.6 is 0 Å². The first-order valence-electron chi connectivity index (χ1n) is 13.2. The number of rotatable bonds is 12. The maximum Gasteiger partial charge on any atom is 0.326 e. The van der Waals surface area contributed by atoms with Gasteiger partial charge in [0.25, 0.3) is 5.91 Å². The van der Waals surface area contributed by atoms with Gasteiger partial charge in [-0.3, -0.25) is 14.3 Å². The summed E-state index contributed by atoms with van der Waals surface area (Å²) < 4.78 is 35.6. The van der Waals surface area contributed by atoms with Crippen LogP contribution in [0.4, 0.5) is 5.95 Å². The second-order valence-corrected chi connectivity index (χ2v) is 12.3. The second-order valence-electron chi connectivity index (χ2n) is 10.6. The van der Waals surface area contributed by atoms with Crippen LogP contribution in [0.15, 0.2) is 66.0 Å². The fraction of sp³-hybridized carbons (Fsp3) is 0.357. The number of esters is 1. The first kappa shape index (κ1) is 29.7. The van der Waals surface area contributed by atoms with E-state index in [1.54, 1.807) is 63.6 Å². The van der Waals surface area contributed by atoms with E-state index in [2.05, 4.69) is 30.4 Å². The van der Waals surface area contributed by atoms with Crippen molar-refractivity contribution in [1.82, 2.24) is 29.8 Å². The third kappa shape index (κ3) is 8.14. The lowest BCUT2D eigenvalue weighted by Gasteiger charge is -2.24. The monoisotopic (exact) mass is 581 g/mol. The van der Waals surface area contributed by atoms with Gasteiger partial charge in [0.2, 0.25) is 10.0 Å². The minimum atomic E-state index is -4.06. The Morgan fingerprint density at radius 1 is 1.12 bits per heavy atom. The normalized spacial score (nSPS) is 12.7. The van der Waals surface area contributed by atoms with Gasteiger partial charge in [0.05, 0.1) is 16.6 Å². The highest BCUT2D eigenvalue weighted by molar-refractivity contribution is 7.89. The summed E-state index contributed by atoms with van der Waals surface area (Å²) in [5.41, 5.74) is 1.26. The van der Waals surface area contributed by atoms with Gasteiger partial charge in [0.15, 0.2) is 5.95 Å². The Morgan fingerprint density at radius 3 is 2.56 bits per heavy atom. The zero-order valence-electron chi connectivity index (χ0n) is 23.5. The topological polar surface area (TPSA) is 160 Å². The van der Waals surface area contributed by atoms with Gasteiger partial charge in [0, 0.05) is 43.0 Å². The molecule has 0 aliphatic heterocycles. The summed E-state index contributed by atoms with van der Waals surface area (Å²) in [5.74, 6) is -0.556. The second kappa shape index (κ2) is 12.5. The first-order chi connectivity index (χ1) is 19.4. The average molecular weight is 582 g/mol. The number of hydrogen-bond acceptors (Lipinski definition) is 8. The number of hydrogen-bond donors (Lipinski definition) is 4. The van der Waals surface area contributed by atoms with Crippen molar-refractivity contribution >= 4 is 38.8 Å². The molecule has 0 bridgehead atoms. The summed E-state index contributed by atoms with van der Waals surface area (Å²) in [6, 6.07) is 10.1. The van der Waals surface area contributed by atoms with Crippen LogP contribution < -0.4 is 15.4 Å².